The number of alkyl halides is 1. The molecule has 0 bridgehead atoms. The fraction of sp³-hybridized carbons (Fsp3) is 0.105. The summed E-state index contributed by atoms with van der Waals surface area (Å²) in [7, 11) is 1.63. The molecule has 1 amide bonds. The van der Waals surface area contributed by atoms with Gasteiger partial charge in [-0.05, 0) is 32.3 Å². The number of halogens is 1. The van der Waals surface area contributed by atoms with Crippen LogP contribution in [0.2, 0.25) is 0 Å². The molecule has 4 aromatic carbocycles. The van der Waals surface area contributed by atoms with E-state index in [9.17, 15) is 4.79 Å². The monoisotopic (exact) mass is 401 g/mol. The Morgan fingerprint density at radius 2 is 1.18 bits per heavy atom. The fourth-order valence-electron chi connectivity index (χ4n) is 2.74. The summed E-state index contributed by atoms with van der Waals surface area (Å²) >= 11 is 2.00. The molecule has 0 aliphatic heterocycles. The van der Waals surface area contributed by atoms with Crippen molar-refractivity contribution in [2.75, 3.05) is 11.5 Å². The minimum atomic E-state index is 0.0793. The first-order chi connectivity index (χ1) is 10.7. The number of carbonyl (C=O) groups excluding carboxylic acids is 1. The summed E-state index contributed by atoms with van der Waals surface area (Å²) in [6, 6.07) is 21.9. The minimum absolute atomic E-state index is 0.0793. The molecular weight excluding hydrogens is 385 g/mol. The van der Waals surface area contributed by atoms with E-state index in [1.165, 1.54) is 32.3 Å². The van der Waals surface area contributed by atoms with Crippen LogP contribution in [0.4, 0.5) is 0 Å². The Kier molecular flexibility index (Phi) is 4.43. The first-order valence-electron chi connectivity index (χ1n) is 7.13. The Hall–Kier alpha value is -1.88. The Bertz CT molecular complexity index is 796. The molecule has 2 nitrogen and oxygen atoms in total. The lowest BCUT2D eigenvalue weighted by Crippen LogP contribution is -2.17. The van der Waals surface area contributed by atoms with E-state index in [2.05, 4.69) is 66.0 Å². The Morgan fingerprint density at radius 1 is 0.818 bits per heavy atom. The maximum absolute atomic E-state index is 10.1. The van der Waals surface area contributed by atoms with Crippen molar-refractivity contribution in [1.29, 1.82) is 0 Å². The third-order valence-electron chi connectivity index (χ3n) is 3.79. The predicted molar refractivity (Wildman–Crippen MR) is 103 cm³/mol. The highest BCUT2D eigenvalue weighted by atomic mass is 127. The van der Waals surface area contributed by atoms with Gasteiger partial charge in [0.05, 0.1) is 4.43 Å². The van der Waals surface area contributed by atoms with Crippen LogP contribution in [0.3, 0.4) is 0 Å². The van der Waals surface area contributed by atoms with Crippen LogP contribution in [-0.2, 0) is 4.79 Å². The van der Waals surface area contributed by atoms with Gasteiger partial charge in [-0.3, -0.25) is 4.79 Å². The third-order valence-corrected chi connectivity index (χ3v) is 4.49. The second-order valence-corrected chi connectivity index (χ2v) is 5.86. The number of amides is 1. The molecule has 0 saturated carbocycles. The third kappa shape index (κ3) is 2.73. The van der Waals surface area contributed by atoms with Crippen LogP contribution in [-0.4, -0.2) is 17.4 Å². The second-order valence-electron chi connectivity index (χ2n) is 5.10. The molecule has 0 heterocycles. The summed E-state index contributed by atoms with van der Waals surface area (Å²) in [6.07, 6.45) is 0. The number of nitrogens with one attached hydrogen (secondary N) is 1. The number of carbonyl (C=O) groups is 1. The quantitative estimate of drug-likeness (QED) is 0.278. The zero-order valence-electron chi connectivity index (χ0n) is 12.3. The molecule has 1 N–H and O–H groups in total. The van der Waals surface area contributed by atoms with Gasteiger partial charge in [0.25, 0.3) is 0 Å². The number of hydrogen-bond donors (Lipinski definition) is 1. The van der Waals surface area contributed by atoms with E-state index in [0.29, 0.717) is 4.43 Å². The standard InChI is InChI=1S/C16H10.C3H6INO/c1-3-11-7-9-13-5-2-6-14-10-8-12(4-1)15(11)16(13)14;1-5-3(6)2-4/h1-10H;2H2,1H3,(H,5,6). The van der Waals surface area contributed by atoms with E-state index in [1.54, 1.807) is 7.05 Å². The number of hydrogen-bond acceptors (Lipinski definition) is 1. The Labute approximate surface area is 143 Å². The highest BCUT2D eigenvalue weighted by molar-refractivity contribution is 14.1. The van der Waals surface area contributed by atoms with E-state index >= 15 is 0 Å². The number of rotatable bonds is 1. The van der Waals surface area contributed by atoms with Crippen molar-refractivity contribution in [2.45, 2.75) is 0 Å². The van der Waals surface area contributed by atoms with Crippen molar-refractivity contribution in [1.82, 2.24) is 5.32 Å². The van der Waals surface area contributed by atoms with Gasteiger partial charge in [0.1, 0.15) is 0 Å². The summed E-state index contributed by atoms with van der Waals surface area (Å²) in [5, 5.41) is 10.6. The van der Waals surface area contributed by atoms with Crippen LogP contribution >= 0.6 is 22.6 Å². The van der Waals surface area contributed by atoms with Crippen LogP contribution in [0.15, 0.2) is 60.7 Å². The SMILES string of the molecule is CNC(=O)CI.c1cc2ccc3cccc4ccc(c1)c2c34. The summed E-state index contributed by atoms with van der Waals surface area (Å²) in [6.45, 7) is 0. The lowest BCUT2D eigenvalue weighted by molar-refractivity contribution is -0.117. The van der Waals surface area contributed by atoms with Gasteiger partial charge < -0.3 is 5.32 Å². The van der Waals surface area contributed by atoms with Gasteiger partial charge in [0.2, 0.25) is 5.91 Å². The summed E-state index contributed by atoms with van der Waals surface area (Å²) in [4.78, 5) is 10.1. The highest BCUT2D eigenvalue weighted by Crippen LogP contribution is 2.33. The summed E-state index contributed by atoms with van der Waals surface area (Å²) in [5.41, 5.74) is 0. The van der Waals surface area contributed by atoms with Crippen molar-refractivity contribution in [3.8, 4) is 0 Å². The van der Waals surface area contributed by atoms with E-state index in [-0.39, 0.29) is 5.91 Å². The van der Waals surface area contributed by atoms with Crippen LogP contribution in [0.25, 0.3) is 32.3 Å². The van der Waals surface area contributed by atoms with Crippen molar-refractivity contribution in [2.24, 2.45) is 0 Å². The molecule has 22 heavy (non-hydrogen) atoms. The summed E-state index contributed by atoms with van der Waals surface area (Å²) < 4.78 is 0.550. The molecule has 0 fully saturated rings. The van der Waals surface area contributed by atoms with Crippen molar-refractivity contribution < 1.29 is 4.79 Å². The van der Waals surface area contributed by atoms with Gasteiger partial charge >= 0.3 is 0 Å². The molecule has 0 aromatic heterocycles. The topological polar surface area (TPSA) is 29.1 Å². The molecule has 0 unspecified atom stereocenters. The molecule has 0 aliphatic carbocycles. The number of benzene rings is 4. The van der Waals surface area contributed by atoms with Crippen LogP contribution in [0.5, 0.6) is 0 Å². The zero-order chi connectivity index (χ0) is 15.5. The molecule has 0 atom stereocenters. The average molecular weight is 401 g/mol. The van der Waals surface area contributed by atoms with Crippen LogP contribution in [0.1, 0.15) is 0 Å². The fourth-order valence-corrected chi connectivity index (χ4v) is 3.12. The van der Waals surface area contributed by atoms with Crippen LogP contribution < -0.4 is 5.32 Å². The predicted octanol–water partition coefficient (Wildman–Crippen LogP) is 4.75. The van der Waals surface area contributed by atoms with Gasteiger partial charge in [-0.25, -0.2) is 0 Å². The molecule has 0 spiro atoms. The first kappa shape index (κ1) is 15.0. The zero-order valence-corrected chi connectivity index (χ0v) is 14.4. The van der Waals surface area contributed by atoms with Crippen molar-refractivity contribution in [3.05, 3.63) is 60.7 Å². The Morgan fingerprint density at radius 3 is 1.41 bits per heavy atom. The lowest BCUT2D eigenvalue weighted by Gasteiger charge is -2.09. The van der Waals surface area contributed by atoms with Crippen LogP contribution in [0, 0.1) is 0 Å². The smallest absolute Gasteiger partial charge is 0.229 e. The normalized spacial score (nSPS) is 10.6. The van der Waals surface area contributed by atoms with Gasteiger partial charge in [0.15, 0.2) is 0 Å². The molecular formula is C19H16INO. The molecule has 4 aromatic rings. The average Bonchev–Trinajstić information content (AvgIpc) is 2.59. The minimum Gasteiger partial charge on any atom is -0.359 e. The molecule has 3 heteroatoms. The van der Waals surface area contributed by atoms with Gasteiger partial charge in [0, 0.05) is 7.05 Å². The molecule has 110 valence electrons. The summed E-state index contributed by atoms with van der Waals surface area (Å²) in [5.74, 6) is 0.0793. The lowest BCUT2D eigenvalue weighted by atomic mass is 9.95. The van der Waals surface area contributed by atoms with Gasteiger partial charge in [-0.1, -0.05) is 83.3 Å². The maximum Gasteiger partial charge on any atom is 0.229 e. The molecule has 0 aliphatic rings. The largest absolute Gasteiger partial charge is 0.359 e. The van der Waals surface area contributed by atoms with E-state index in [0.717, 1.165) is 0 Å². The van der Waals surface area contributed by atoms with Crippen molar-refractivity contribution >= 4 is 60.8 Å². The van der Waals surface area contributed by atoms with Gasteiger partial charge in [-0.15, -0.1) is 0 Å². The van der Waals surface area contributed by atoms with Crippen molar-refractivity contribution in [3.63, 3.8) is 0 Å². The van der Waals surface area contributed by atoms with Gasteiger partial charge in [-0.2, -0.15) is 0 Å². The second kappa shape index (κ2) is 6.48. The molecule has 0 radical (unpaired) electrons. The first-order valence-corrected chi connectivity index (χ1v) is 8.66. The van der Waals surface area contributed by atoms with E-state index in [1.807, 2.05) is 22.6 Å². The highest BCUT2D eigenvalue weighted by Gasteiger charge is 2.05. The Balaban J connectivity index is 0.000000209. The molecule has 0 saturated heterocycles. The van der Waals surface area contributed by atoms with E-state index in [4.69, 9.17) is 0 Å². The maximum atomic E-state index is 10.1. The molecule has 4 rings (SSSR count). The van der Waals surface area contributed by atoms with E-state index < -0.39 is 0 Å².